The standard InChI is InChI=1S/C12H11F3N2O3/c1-2-20-10(18)9(12(13,14)15)17-11(19)16-8-6-4-3-5-7-8/h3-7H,2H2,1H3,(H,16,19)/b17-9-. The van der Waals surface area contributed by atoms with E-state index in [1.54, 1.807) is 18.2 Å². The molecule has 0 radical (unpaired) electrons. The van der Waals surface area contributed by atoms with Gasteiger partial charge in [-0.3, -0.25) is 0 Å². The summed E-state index contributed by atoms with van der Waals surface area (Å²) in [5, 5.41) is 2.11. The average molecular weight is 288 g/mol. The van der Waals surface area contributed by atoms with Gasteiger partial charge >= 0.3 is 18.2 Å². The molecule has 0 heterocycles. The predicted octanol–water partition coefficient (Wildman–Crippen LogP) is 2.78. The van der Waals surface area contributed by atoms with E-state index >= 15 is 0 Å². The first-order valence-corrected chi connectivity index (χ1v) is 5.53. The normalized spacial score (nSPS) is 11.9. The largest absolute Gasteiger partial charge is 0.461 e. The molecule has 0 aliphatic rings. The van der Waals surface area contributed by atoms with Gasteiger partial charge in [0.25, 0.3) is 0 Å². The van der Waals surface area contributed by atoms with Gasteiger partial charge in [0.1, 0.15) is 0 Å². The van der Waals surface area contributed by atoms with Crippen LogP contribution in [0.1, 0.15) is 6.92 Å². The van der Waals surface area contributed by atoms with Crippen molar-refractivity contribution in [3.8, 4) is 0 Å². The smallest absolute Gasteiger partial charge is 0.440 e. The summed E-state index contributed by atoms with van der Waals surface area (Å²) in [5.41, 5.74) is -1.64. The third kappa shape index (κ3) is 4.71. The summed E-state index contributed by atoms with van der Waals surface area (Å²) in [4.78, 5) is 25.2. The van der Waals surface area contributed by atoms with Crippen LogP contribution in [-0.2, 0) is 9.53 Å². The minimum Gasteiger partial charge on any atom is -0.461 e. The molecule has 0 aromatic heterocycles. The highest BCUT2D eigenvalue weighted by Crippen LogP contribution is 2.19. The Hall–Kier alpha value is -2.38. The van der Waals surface area contributed by atoms with Gasteiger partial charge in [0.15, 0.2) is 0 Å². The van der Waals surface area contributed by atoms with Gasteiger partial charge in [-0.05, 0) is 19.1 Å². The predicted molar refractivity (Wildman–Crippen MR) is 65.6 cm³/mol. The summed E-state index contributed by atoms with van der Waals surface area (Å²) in [5.74, 6) is -1.69. The number of carbonyl (C=O) groups excluding carboxylic acids is 2. The van der Waals surface area contributed by atoms with Crippen molar-refractivity contribution in [3.05, 3.63) is 30.3 Å². The number of para-hydroxylation sites is 1. The van der Waals surface area contributed by atoms with E-state index in [0.29, 0.717) is 0 Å². The molecule has 1 aromatic rings. The van der Waals surface area contributed by atoms with Gasteiger partial charge in [-0.1, -0.05) is 18.2 Å². The lowest BCUT2D eigenvalue weighted by Crippen LogP contribution is -2.34. The zero-order valence-corrected chi connectivity index (χ0v) is 10.4. The molecule has 20 heavy (non-hydrogen) atoms. The zero-order chi connectivity index (χ0) is 15.2. The average Bonchev–Trinajstić information content (AvgIpc) is 2.36. The number of rotatable bonds is 3. The maximum absolute atomic E-state index is 12.6. The summed E-state index contributed by atoms with van der Waals surface area (Å²) in [6.45, 7) is 1.09. The molecule has 0 saturated heterocycles. The Balaban J connectivity index is 2.90. The molecule has 0 atom stereocenters. The van der Waals surface area contributed by atoms with Crippen LogP contribution in [0, 0.1) is 0 Å². The summed E-state index contributed by atoms with van der Waals surface area (Å²) in [6.07, 6.45) is -5.07. The van der Waals surface area contributed by atoms with Crippen LogP contribution in [-0.4, -0.2) is 30.5 Å². The van der Waals surface area contributed by atoms with E-state index in [4.69, 9.17) is 0 Å². The number of aliphatic imine (C=N–C) groups is 1. The molecule has 0 aliphatic heterocycles. The van der Waals surface area contributed by atoms with E-state index in [9.17, 15) is 22.8 Å². The summed E-state index contributed by atoms with van der Waals surface area (Å²) in [6, 6.07) is 6.44. The highest BCUT2D eigenvalue weighted by molar-refractivity contribution is 6.40. The van der Waals surface area contributed by atoms with Crippen molar-refractivity contribution in [2.75, 3.05) is 11.9 Å². The van der Waals surface area contributed by atoms with E-state index in [-0.39, 0.29) is 12.3 Å². The molecule has 1 aromatic carbocycles. The topological polar surface area (TPSA) is 67.8 Å². The molecule has 8 heteroatoms. The van der Waals surface area contributed by atoms with Crippen LogP contribution in [0.15, 0.2) is 35.3 Å². The Morgan fingerprint density at radius 3 is 2.35 bits per heavy atom. The van der Waals surface area contributed by atoms with E-state index in [1.165, 1.54) is 19.1 Å². The highest BCUT2D eigenvalue weighted by Gasteiger charge is 2.42. The van der Waals surface area contributed by atoms with Crippen molar-refractivity contribution < 1.29 is 27.5 Å². The number of alkyl halides is 3. The Morgan fingerprint density at radius 2 is 1.85 bits per heavy atom. The Morgan fingerprint density at radius 1 is 1.25 bits per heavy atom. The van der Waals surface area contributed by atoms with Gasteiger partial charge in [-0.15, -0.1) is 0 Å². The summed E-state index contributed by atoms with van der Waals surface area (Å²) >= 11 is 0. The molecule has 5 nitrogen and oxygen atoms in total. The second-order valence-corrected chi connectivity index (χ2v) is 3.47. The molecule has 0 saturated carbocycles. The lowest BCUT2D eigenvalue weighted by molar-refractivity contribution is -0.139. The third-order valence-corrected chi connectivity index (χ3v) is 1.98. The van der Waals surface area contributed by atoms with Crippen LogP contribution in [0.25, 0.3) is 0 Å². The molecule has 0 unspecified atom stereocenters. The van der Waals surface area contributed by atoms with Crippen molar-refractivity contribution in [2.24, 2.45) is 4.99 Å². The van der Waals surface area contributed by atoms with E-state index in [2.05, 4.69) is 15.0 Å². The van der Waals surface area contributed by atoms with Gasteiger partial charge in [0.05, 0.1) is 6.61 Å². The summed E-state index contributed by atoms with van der Waals surface area (Å²) < 4.78 is 42.0. The number of benzene rings is 1. The SMILES string of the molecule is CCOC(=O)/C(=N/C(=O)Nc1ccccc1)C(F)(F)F. The first-order chi connectivity index (χ1) is 9.34. The first-order valence-electron chi connectivity index (χ1n) is 5.53. The quantitative estimate of drug-likeness (QED) is 0.687. The van der Waals surface area contributed by atoms with Crippen molar-refractivity contribution >= 4 is 23.4 Å². The number of halogens is 3. The van der Waals surface area contributed by atoms with Crippen LogP contribution in [0.4, 0.5) is 23.7 Å². The lowest BCUT2D eigenvalue weighted by atomic mass is 10.3. The molecular weight excluding hydrogens is 277 g/mol. The second kappa shape index (κ2) is 6.69. The number of hydrogen-bond donors (Lipinski definition) is 1. The molecule has 1 N–H and O–H groups in total. The number of nitrogens with zero attached hydrogens (tertiary/aromatic N) is 1. The number of anilines is 1. The third-order valence-electron chi connectivity index (χ3n) is 1.98. The minimum atomic E-state index is -5.07. The number of urea groups is 1. The monoisotopic (exact) mass is 288 g/mol. The van der Waals surface area contributed by atoms with Crippen LogP contribution in [0.2, 0.25) is 0 Å². The van der Waals surface area contributed by atoms with Crippen LogP contribution in [0.5, 0.6) is 0 Å². The molecule has 0 bridgehead atoms. The number of amides is 2. The maximum Gasteiger partial charge on any atom is 0.440 e. The van der Waals surface area contributed by atoms with Gasteiger partial charge < -0.3 is 10.1 Å². The van der Waals surface area contributed by atoms with Gasteiger partial charge in [0.2, 0.25) is 5.71 Å². The maximum atomic E-state index is 12.6. The molecular formula is C12H11F3N2O3. The first kappa shape index (κ1) is 15.7. The van der Waals surface area contributed by atoms with E-state index in [1.807, 2.05) is 0 Å². The molecule has 0 spiro atoms. The van der Waals surface area contributed by atoms with Crippen molar-refractivity contribution in [1.29, 1.82) is 0 Å². The molecule has 2 amide bonds. The van der Waals surface area contributed by atoms with E-state index in [0.717, 1.165) is 0 Å². The zero-order valence-electron chi connectivity index (χ0n) is 10.4. The van der Waals surface area contributed by atoms with Crippen LogP contribution >= 0.6 is 0 Å². The number of ether oxygens (including phenoxy) is 1. The number of carbonyl (C=O) groups is 2. The molecule has 108 valence electrons. The Kier molecular flexibility index (Phi) is 5.24. The fourth-order valence-corrected chi connectivity index (χ4v) is 1.20. The number of esters is 1. The molecule has 0 aliphatic carbocycles. The fourth-order valence-electron chi connectivity index (χ4n) is 1.20. The molecule has 0 fully saturated rings. The second-order valence-electron chi connectivity index (χ2n) is 3.47. The molecule has 1 rings (SSSR count). The van der Waals surface area contributed by atoms with Gasteiger partial charge in [-0.2, -0.15) is 18.2 Å². The minimum absolute atomic E-state index is 0.256. The van der Waals surface area contributed by atoms with Crippen molar-refractivity contribution in [3.63, 3.8) is 0 Å². The lowest BCUT2D eigenvalue weighted by Gasteiger charge is -2.09. The van der Waals surface area contributed by atoms with E-state index < -0.39 is 23.9 Å². The van der Waals surface area contributed by atoms with Crippen LogP contribution < -0.4 is 5.32 Å². The van der Waals surface area contributed by atoms with Gasteiger partial charge in [0, 0.05) is 5.69 Å². The van der Waals surface area contributed by atoms with Crippen LogP contribution in [0.3, 0.4) is 0 Å². The Labute approximate surface area is 112 Å². The van der Waals surface area contributed by atoms with Crippen molar-refractivity contribution in [2.45, 2.75) is 13.1 Å². The van der Waals surface area contributed by atoms with Gasteiger partial charge in [-0.25, -0.2) is 9.59 Å². The highest BCUT2D eigenvalue weighted by atomic mass is 19.4. The number of nitrogens with one attached hydrogen (secondary N) is 1. The number of hydrogen-bond acceptors (Lipinski definition) is 3. The fraction of sp³-hybridized carbons (Fsp3) is 0.250. The Bertz CT molecular complexity index is 512. The van der Waals surface area contributed by atoms with Crippen molar-refractivity contribution in [1.82, 2.24) is 0 Å². The summed E-state index contributed by atoms with van der Waals surface area (Å²) in [7, 11) is 0.